The van der Waals surface area contributed by atoms with Gasteiger partial charge in [-0.15, -0.1) is 11.3 Å². The molecule has 0 aliphatic carbocycles. The SMILES string of the molecule is CC(CC(=O)N(C)C(C)c1cccs1)C1CCNCC1. The zero-order valence-corrected chi connectivity index (χ0v) is 13.6. The number of amides is 1. The number of carbonyl (C=O) groups excluding carboxylic acids is 1. The average molecular weight is 294 g/mol. The van der Waals surface area contributed by atoms with Gasteiger partial charge in [0.15, 0.2) is 0 Å². The summed E-state index contributed by atoms with van der Waals surface area (Å²) in [6, 6.07) is 4.34. The first-order chi connectivity index (χ1) is 9.59. The van der Waals surface area contributed by atoms with Gasteiger partial charge in [0.1, 0.15) is 0 Å². The second kappa shape index (κ2) is 7.23. The van der Waals surface area contributed by atoms with Crippen molar-refractivity contribution >= 4 is 17.2 Å². The molecule has 1 fully saturated rings. The molecule has 1 N–H and O–H groups in total. The van der Waals surface area contributed by atoms with E-state index in [0.29, 0.717) is 18.3 Å². The van der Waals surface area contributed by atoms with Crippen molar-refractivity contribution in [1.29, 1.82) is 0 Å². The van der Waals surface area contributed by atoms with Crippen molar-refractivity contribution in [2.45, 2.75) is 39.2 Å². The lowest BCUT2D eigenvalue weighted by molar-refractivity contribution is -0.133. The largest absolute Gasteiger partial charge is 0.338 e. The van der Waals surface area contributed by atoms with Gasteiger partial charge in [0.05, 0.1) is 6.04 Å². The molecule has 1 amide bonds. The second-order valence-corrected chi connectivity index (χ2v) is 6.94. The molecule has 1 aromatic rings. The van der Waals surface area contributed by atoms with Crippen molar-refractivity contribution in [3.05, 3.63) is 22.4 Å². The highest BCUT2D eigenvalue weighted by molar-refractivity contribution is 7.10. The van der Waals surface area contributed by atoms with Crippen LogP contribution in [-0.4, -0.2) is 30.9 Å². The summed E-state index contributed by atoms with van der Waals surface area (Å²) < 4.78 is 0. The molecule has 1 aliphatic rings. The van der Waals surface area contributed by atoms with Gasteiger partial charge in [0.25, 0.3) is 0 Å². The van der Waals surface area contributed by atoms with Crippen molar-refractivity contribution in [1.82, 2.24) is 10.2 Å². The number of hydrogen-bond donors (Lipinski definition) is 1. The third kappa shape index (κ3) is 3.83. The number of hydrogen-bond acceptors (Lipinski definition) is 3. The van der Waals surface area contributed by atoms with Crippen LogP contribution in [0.25, 0.3) is 0 Å². The highest BCUT2D eigenvalue weighted by atomic mass is 32.1. The molecule has 0 saturated carbocycles. The molecule has 2 unspecified atom stereocenters. The van der Waals surface area contributed by atoms with Gasteiger partial charge in [0.2, 0.25) is 5.91 Å². The maximum atomic E-state index is 12.4. The highest BCUT2D eigenvalue weighted by Crippen LogP contribution is 2.28. The Kier molecular flexibility index (Phi) is 5.61. The van der Waals surface area contributed by atoms with Crippen LogP contribution in [-0.2, 0) is 4.79 Å². The van der Waals surface area contributed by atoms with Crippen molar-refractivity contribution < 1.29 is 4.79 Å². The number of carbonyl (C=O) groups is 1. The Morgan fingerprint density at radius 1 is 1.45 bits per heavy atom. The minimum Gasteiger partial charge on any atom is -0.338 e. The Labute approximate surface area is 126 Å². The standard InChI is InChI=1S/C16H26N2OS/c1-12(14-6-8-17-9-7-14)11-16(19)18(3)13(2)15-5-4-10-20-15/h4-5,10,12-14,17H,6-9,11H2,1-3H3. The second-order valence-electron chi connectivity index (χ2n) is 5.96. The van der Waals surface area contributed by atoms with E-state index in [1.54, 1.807) is 11.3 Å². The van der Waals surface area contributed by atoms with Crippen LogP contribution >= 0.6 is 11.3 Å². The van der Waals surface area contributed by atoms with Gasteiger partial charge in [-0.2, -0.15) is 0 Å². The quantitative estimate of drug-likeness (QED) is 0.904. The van der Waals surface area contributed by atoms with Gasteiger partial charge in [0, 0.05) is 18.3 Å². The molecule has 0 bridgehead atoms. The third-order valence-corrected chi connectivity index (χ3v) is 5.66. The Balaban J connectivity index is 1.87. The molecular formula is C16H26N2OS. The van der Waals surface area contributed by atoms with Gasteiger partial charge in [-0.3, -0.25) is 4.79 Å². The van der Waals surface area contributed by atoms with Crippen LogP contribution in [0, 0.1) is 11.8 Å². The van der Waals surface area contributed by atoms with Crippen LogP contribution in [0.3, 0.4) is 0 Å². The molecule has 1 saturated heterocycles. The summed E-state index contributed by atoms with van der Waals surface area (Å²) in [5.41, 5.74) is 0. The zero-order valence-electron chi connectivity index (χ0n) is 12.8. The normalized spacial score (nSPS) is 19.6. The van der Waals surface area contributed by atoms with Crippen molar-refractivity contribution in [3.63, 3.8) is 0 Å². The predicted molar refractivity (Wildman–Crippen MR) is 84.9 cm³/mol. The summed E-state index contributed by atoms with van der Waals surface area (Å²) >= 11 is 1.72. The molecule has 0 radical (unpaired) electrons. The van der Waals surface area contributed by atoms with E-state index in [1.807, 2.05) is 18.0 Å². The van der Waals surface area contributed by atoms with Crippen LogP contribution < -0.4 is 5.32 Å². The van der Waals surface area contributed by atoms with Crippen LogP contribution in [0.2, 0.25) is 0 Å². The van der Waals surface area contributed by atoms with E-state index in [1.165, 1.54) is 17.7 Å². The number of thiophene rings is 1. The lowest BCUT2D eigenvalue weighted by Crippen LogP contribution is -2.35. The van der Waals surface area contributed by atoms with Crippen molar-refractivity contribution in [2.75, 3.05) is 20.1 Å². The van der Waals surface area contributed by atoms with Gasteiger partial charge in [-0.1, -0.05) is 13.0 Å². The van der Waals surface area contributed by atoms with Crippen molar-refractivity contribution in [2.24, 2.45) is 11.8 Å². The lowest BCUT2D eigenvalue weighted by Gasteiger charge is -2.30. The van der Waals surface area contributed by atoms with Crippen LogP contribution in [0.15, 0.2) is 17.5 Å². The molecule has 2 atom stereocenters. The molecule has 20 heavy (non-hydrogen) atoms. The first-order valence-corrected chi connectivity index (χ1v) is 8.47. The van der Waals surface area contributed by atoms with E-state index in [4.69, 9.17) is 0 Å². The predicted octanol–water partition coefficient (Wildman–Crippen LogP) is 3.29. The first kappa shape index (κ1) is 15.5. The average Bonchev–Trinajstić information content (AvgIpc) is 3.00. The van der Waals surface area contributed by atoms with Crippen LogP contribution in [0.1, 0.15) is 44.0 Å². The van der Waals surface area contributed by atoms with E-state index in [-0.39, 0.29) is 11.9 Å². The molecule has 2 rings (SSSR count). The van der Waals surface area contributed by atoms with E-state index in [0.717, 1.165) is 13.1 Å². The fourth-order valence-electron chi connectivity index (χ4n) is 2.94. The summed E-state index contributed by atoms with van der Waals surface area (Å²) in [7, 11) is 1.93. The Hall–Kier alpha value is -0.870. The summed E-state index contributed by atoms with van der Waals surface area (Å²) in [4.78, 5) is 15.6. The van der Waals surface area contributed by atoms with E-state index in [2.05, 4.69) is 30.6 Å². The summed E-state index contributed by atoms with van der Waals surface area (Å²) in [6.45, 7) is 6.55. The number of nitrogens with one attached hydrogen (secondary N) is 1. The zero-order chi connectivity index (χ0) is 14.5. The van der Waals surface area contributed by atoms with E-state index < -0.39 is 0 Å². The van der Waals surface area contributed by atoms with E-state index in [9.17, 15) is 4.79 Å². The summed E-state index contributed by atoms with van der Waals surface area (Å²) in [5.74, 6) is 1.46. The highest BCUT2D eigenvalue weighted by Gasteiger charge is 2.25. The Morgan fingerprint density at radius 3 is 2.75 bits per heavy atom. The van der Waals surface area contributed by atoms with E-state index >= 15 is 0 Å². The lowest BCUT2D eigenvalue weighted by atomic mass is 9.84. The maximum Gasteiger partial charge on any atom is 0.223 e. The molecule has 1 aromatic heterocycles. The minimum absolute atomic E-state index is 0.183. The Bertz CT molecular complexity index is 412. The van der Waals surface area contributed by atoms with Crippen LogP contribution in [0.4, 0.5) is 0 Å². The van der Waals surface area contributed by atoms with Gasteiger partial charge < -0.3 is 10.2 Å². The molecule has 3 nitrogen and oxygen atoms in total. The smallest absolute Gasteiger partial charge is 0.223 e. The monoisotopic (exact) mass is 294 g/mol. The van der Waals surface area contributed by atoms with Crippen molar-refractivity contribution in [3.8, 4) is 0 Å². The van der Waals surface area contributed by atoms with Gasteiger partial charge in [-0.25, -0.2) is 0 Å². The molecule has 0 aromatic carbocycles. The fraction of sp³-hybridized carbons (Fsp3) is 0.688. The molecule has 1 aliphatic heterocycles. The topological polar surface area (TPSA) is 32.3 Å². The summed E-state index contributed by atoms with van der Waals surface area (Å²) in [5, 5.41) is 5.46. The Morgan fingerprint density at radius 2 is 2.15 bits per heavy atom. The number of piperidine rings is 1. The molecule has 112 valence electrons. The number of nitrogens with zero attached hydrogens (tertiary/aromatic N) is 1. The third-order valence-electron chi connectivity index (χ3n) is 4.61. The van der Waals surface area contributed by atoms with Gasteiger partial charge >= 0.3 is 0 Å². The van der Waals surface area contributed by atoms with Crippen LogP contribution in [0.5, 0.6) is 0 Å². The molecule has 0 spiro atoms. The fourth-order valence-corrected chi connectivity index (χ4v) is 3.76. The molecule has 4 heteroatoms. The maximum absolute atomic E-state index is 12.4. The molecule has 2 heterocycles. The minimum atomic E-state index is 0.183. The summed E-state index contributed by atoms with van der Waals surface area (Å²) in [6.07, 6.45) is 3.09. The number of rotatable bonds is 5. The molecular weight excluding hydrogens is 268 g/mol. The van der Waals surface area contributed by atoms with Gasteiger partial charge in [-0.05, 0) is 56.1 Å². The first-order valence-electron chi connectivity index (χ1n) is 7.59.